The van der Waals surface area contributed by atoms with Crippen molar-refractivity contribution in [2.75, 3.05) is 18.5 Å². The monoisotopic (exact) mass is 413 g/mol. The Balaban J connectivity index is 1.52. The largest absolute Gasteiger partial charge is 0.454 e. The number of urea groups is 1. The normalized spacial score (nSPS) is 18.0. The van der Waals surface area contributed by atoms with Gasteiger partial charge in [-0.05, 0) is 25.0 Å². The van der Waals surface area contributed by atoms with Gasteiger partial charge in [-0.2, -0.15) is 0 Å². The molecule has 3 rings (SSSR count). The highest BCUT2D eigenvalue weighted by Gasteiger charge is 2.51. The first kappa shape index (κ1) is 20.6. The molecule has 0 bridgehead atoms. The lowest BCUT2D eigenvalue weighted by Crippen LogP contribution is -2.48. The SMILES string of the molecule is O=C(COC(=O)CN1C(=O)NC2(CCCCC2)C1=O)Nc1ccc(F)c(F)c1F. The van der Waals surface area contributed by atoms with Crippen LogP contribution in [0.1, 0.15) is 32.1 Å². The molecular weight excluding hydrogens is 395 g/mol. The van der Waals surface area contributed by atoms with Crippen molar-refractivity contribution in [2.45, 2.75) is 37.6 Å². The highest BCUT2D eigenvalue weighted by Crippen LogP contribution is 2.33. The summed E-state index contributed by atoms with van der Waals surface area (Å²) in [5.41, 5.74) is -1.62. The fraction of sp³-hybridized carbons (Fsp3) is 0.444. The average Bonchev–Trinajstić information content (AvgIpc) is 2.91. The van der Waals surface area contributed by atoms with Gasteiger partial charge in [0.1, 0.15) is 12.1 Å². The van der Waals surface area contributed by atoms with E-state index < -0.39 is 65.6 Å². The van der Waals surface area contributed by atoms with Crippen LogP contribution in [0.15, 0.2) is 12.1 Å². The number of amides is 4. The van der Waals surface area contributed by atoms with E-state index >= 15 is 0 Å². The molecule has 1 aliphatic carbocycles. The van der Waals surface area contributed by atoms with Crippen molar-refractivity contribution in [1.29, 1.82) is 0 Å². The van der Waals surface area contributed by atoms with Crippen molar-refractivity contribution in [2.24, 2.45) is 0 Å². The first-order valence-corrected chi connectivity index (χ1v) is 8.96. The minimum absolute atomic E-state index is 0.491. The second-order valence-electron chi connectivity index (χ2n) is 6.90. The van der Waals surface area contributed by atoms with Crippen LogP contribution in [0.5, 0.6) is 0 Å². The fourth-order valence-electron chi connectivity index (χ4n) is 3.44. The van der Waals surface area contributed by atoms with Crippen molar-refractivity contribution in [3.8, 4) is 0 Å². The van der Waals surface area contributed by atoms with E-state index in [-0.39, 0.29) is 0 Å². The van der Waals surface area contributed by atoms with Gasteiger partial charge in [0.2, 0.25) is 0 Å². The number of carbonyl (C=O) groups excluding carboxylic acids is 4. The number of esters is 1. The summed E-state index contributed by atoms with van der Waals surface area (Å²) >= 11 is 0. The summed E-state index contributed by atoms with van der Waals surface area (Å²) in [5.74, 6) is -7.31. The molecule has 0 atom stereocenters. The van der Waals surface area contributed by atoms with Gasteiger partial charge in [-0.25, -0.2) is 18.0 Å². The first-order chi connectivity index (χ1) is 13.7. The van der Waals surface area contributed by atoms with Crippen LogP contribution >= 0.6 is 0 Å². The topological polar surface area (TPSA) is 105 Å². The van der Waals surface area contributed by atoms with Crippen LogP contribution in [0.2, 0.25) is 0 Å². The number of anilines is 1. The Bertz CT molecular complexity index is 871. The van der Waals surface area contributed by atoms with Gasteiger partial charge in [0.25, 0.3) is 11.8 Å². The van der Waals surface area contributed by atoms with Crippen molar-refractivity contribution in [1.82, 2.24) is 10.2 Å². The smallest absolute Gasteiger partial charge is 0.326 e. The van der Waals surface area contributed by atoms with E-state index in [2.05, 4.69) is 10.1 Å². The number of ether oxygens (including phenoxy) is 1. The molecule has 2 fully saturated rings. The molecule has 156 valence electrons. The summed E-state index contributed by atoms with van der Waals surface area (Å²) in [6.07, 6.45) is 3.51. The molecule has 1 heterocycles. The first-order valence-electron chi connectivity index (χ1n) is 8.96. The van der Waals surface area contributed by atoms with Crippen molar-refractivity contribution < 1.29 is 37.1 Å². The lowest BCUT2D eigenvalue weighted by Gasteiger charge is -2.30. The Hall–Kier alpha value is -3.11. The van der Waals surface area contributed by atoms with E-state index in [0.717, 1.165) is 30.2 Å². The van der Waals surface area contributed by atoms with Gasteiger partial charge < -0.3 is 15.4 Å². The number of nitrogens with one attached hydrogen (secondary N) is 2. The predicted molar refractivity (Wildman–Crippen MR) is 92.0 cm³/mol. The Kier molecular flexibility index (Phi) is 5.76. The van der Waals surface area contributed by atoms with Crippen LogP contribution in [-0.4, -0.2) is 47.4 Å². The molecule has 2 aliphatic rings. The van der Waals surface area contributed by atoms with Gasteiger partial charge in [0.15, 0.2) is 24.1 Å². The molecule has 1 aliphatic heterocycles. The Morgan fingerprint density at radius 1 is 1.10 bits per heavy atom. The third-order valence-corrected chi connectivity index (χ3v) is 4.91. The molecule has 1 saturated carbocycles. The van der Waals surface area contributed by atoms with Crippen LogP contribution < -0.4 is 10.6 Å². The number of hydrogen-bond acceptors (Lipinski definition) is 5. The summed E-state index contributed by atoms with van der Waals surface area (Å²) < 4.78 is 44.2. The zero-order chi connectivity index (χ0) is 21.2. The molecule has 0 unspecified atom stereocenters. The molecule has 1 aromatic carbocycles. The van der Waals surface area contributed by atoms with Gasteiger partial charge in [-0.1, -0.05) is 19.3 Å². The van der Waals surface area contributed by atoms with Crippen LogP contribution in [0.4, 0.5) is 23.7 Å². The van der Waals surface area contributed by atoms with Crippen molar-refractivity contribution in [3.05, 3.63) is 29.6 Å². The second kappa shape index (κ2) is 8.10. The number of benzene rings is 1. The molecule has 8 nitrogen and oxygen atoms in total. The second-order valence-corrected chi connectivity index (χ2v) is 6.90. The molecule has 4 amide bonds. The van der Waals surface area contributed by atoms with Crippen LogP contribution in [0, 0.1) is 17.5 Å². The van der Waals surface area contributed by atoms with Crippen LogP contribution in [-0.2, 0) is 19.1 Å². The van der Waals surface area contributed by atoms with Crippen LogP contribution in [0.25, 0.3) is 0 Å². The summed E-state index contributed by atoms with van der Waals surface area (Å²) in [5, 5.41) is 4.56. The Labute approximate surface area is 163 Å². The highest BCUT2D eigenvalue weighted by atomic mass is 19.2. The molecular formula is C18H18F3N3O5. The number of imide groups is 1. The van der Waals surface area contributed by atoms with Gasteiger partial charge in [-0.15, -0.1) is 0 Å². The highest BCUT2D eigenvalue weighted by molar-refractivity contribution is 6.08. The van der Waals surface area contributed by atoms with E-state index in [0.29, 0.717) is 18.9 Å². The van der Waals surface area contributed by atoms with Crippen molar-refractivity contribution in [3.63, 3.8) is 0 Å². The number of rotatable bonds is 5. The molecule has 11 heteroatoms. The minimum atomic E-state index is -1.75. The quantitative estimate of drug-likeness (QED) is 0.436. The number of hydrogen-bond donors (Lipinski definition) is 2. The third-order valence-electron chi connectivity index (χ3n) is 4.91. The summed E-state index contributed by atoms with van der Waals surface area (Å²) in [7, 11) is 0. The zero-order valence-corrected chi connectivity index (χ0v) is 15.2. The summed E-state index contributed by atoms with van der Waals surface area (Å²) in [4.78, 5) is 49.0. The van der Waals surface area contributed by atoms with E-state index in [1.165, 1.54) is 0 Å². The Morgan fingerprint density at radius 3 is 2.48 bits per heavy atom. The lowest BCUT2D eigenvalue weighted by molar-refractivity contribution is -0.150. The van der Waals surface area contributed by atoms with Gasteiger partial charge >= 0.3 is 12.0 Å². The van der Waals surface area contributed by atoms with Crippen molar-refractivity contribution >= 4 is 29.5 Å². The minimum Gasteiger partial charge on any atom is -0.454 e. The van der Waals surface area contributed by atoms with E-state index in [4.69, 9.17) is 0 Å². The van der Waals surface area contributed by atoms with E-state index in [1.807, 2.05) is 5.32 Å². The fourth-order valence-corrected chi connectivity index (χ4v) is 3.44. The maximum atomic E-state index is 13.5. The van der Waals surface area contributed by atoms with Gasteiger partial charge in [0, 0.05) is 0 Å². The standard InChI is InChI=1S/C18H18F3N3O5/c19-10-4-5-11(15(21)14(10)20)22-12(25)9-29-13(26)8-24-16(27)18(23-17(24)28)6-2-1-3-7-18/h4-5H,1-3,6-9H2,(H,22,25)(H,23,28). The van der Waals surface area contributed by atoms with Gasteiger partial charge in [0.05, 0.1) is 5.69 Å². The summed E-state index contributed by atoms with van der Waals surface area (Å²) in [6, 6.07) is 0.727. The number of nitrogens with zero attached hydrogens (tertiary/aromatic N) is 1. The maximum Gasteiger partial charge on any atom is 0.326 e. The molecule has 1 saturated heterocycles. The van der Waals surface area contributed by atoms with Crippen LogP contribution in [0.3, 0.4) is 0 Å². The summed E-state index contributed by atoms with van der Waals surface area (Å²) in [6.45, 7) is -1.55. The molecule has 0 radical (unpaired) electrons. The molecule has 0 aromatic heterocycles. The zero-order valence-electron chi connectivity index (χ0n) is 15.2. The number of halogens is 3. The molecule has 1 spiro atoms. The Morgan fingerprint density at radius 2 is 1.79 bits per heavy atom. The third kappa shape index (κ3) is 4.17. The number of carbonyl (C=O) groups is 4. The van der Waals surface area contributed by atoms with E-state index in [1.54, 1.807) is 0 Å². The van der Waals surface area contributed by atoms with Gasteiger partial charge in [-0.3, -0.25) is 19.3 Å². The predicted octanol–water partition coefficient (Wildman–Crippen LogP) is 1.84. The lowest BCUT2D eigenvalue weighted by atomic mass is 9.82. The molecule has 2 N–H and O–H groups in total. The maximum absolute atomic E-state index is 13.5. The molecule has 29 heavy (non-hydrogen) atoms. The average molecular weight is 413 g/mol. The van der Waals surface area contributed by atoms with E-state index in [9.17, 15) is 32.3 Å². The molecule has 1 aromatic rings.